The number of benzene rings is 1. The van der Waals surface area contributed by atoms with Crippen LogP contribution in [0.15, 0.2) is 24.3 Å². The summed E-state index contributed by atoms with van der Waals surface area (Å²) < 4.78 is 0. The van der Waals surface area contributed by atoms with E-state index in [9.17, 15) is 0 Å². The van der Waals surface area contributed by atoms with Gasteiger partial charge in [0.05, 0.1) is 0 Å². The molecule has 3 nitrogen and oxygen atoms in total. The molecular formula is C13H17N3S. The van der Waals surface area contributed by atoms with Gasteiger partial charge in [-0.05, 0) is 25.5 Å². The van der Waals surface area contributed by atoms with Crippen LogP contribution in [-0.4, -0.2) is 16.7 Å². The van der Waals surface area contributed by atoms with E-state index in [4.69, 9.17) is 0 Å². The molecule has 0 saturated heterocycles. The first-order valence-electron chi connectivity index (χ1n) is 5.90. The van der Waals surface area contributed by atoms with Crippen LogP contribution in [0.5, 0.6) is 0 Å². The lowest BCUT2D eigenvalue weighted by Gasteiger charge is -1.99. The highest BCUT2D eigenvalue weighted by molar-refractivity contribution is 7.14. The first-order chi connectivity index (χ1) is 8.31. The summed E-state index contributed by atoms with van der Waals surface area (Å²) in [6, 6.07) is 8.28. The van der Waals surface area contributed by atoms with E-state index in [1.807, 2.05) is 12.1 Å². The van der Waals surface area contributed by atoms with Crippen LogP contribution in [0.4, 0.5) is 0 Å². The Labute approximate surface area is 106 Å². The van der Waals surface area contributed by atoms with E-state index in [0.29, 0.717) is 0 Å². The fraction of sp³-hybridized carbons (Fsp3) is 0.385. The van der Waals surface area contributed by atoms with Gasteiger partial charge in [0, 0.05) is 12.1 Å². The molecule has 0 unspecified atom stereocenters. The van der Waals surface area contributed by atoms with Gasteiger partial charge in [-0.1, -0.05) is 42.5 Å². The van der Waals surface area contributed by atoms with Crippen molar-refractivity contribution in [2.75, 3.05) is 6.54 Å². The van der Waals surface area contributed by atoms with Crippen molar-refractivity contribution in [2.45, 2.75) is 26.8 Å². The van der Waals surface area contributed by atoms with Crippen molar-refractivity contribution in [3.63, 3.8) is 0 Å². The fourth-order valence-corrected chi connectivity index (χ4v) is 2.52. The third-order valence-corrected chi connectivity index (χ3v) is 3.50. The lowest BCUT2D eigenvalue weighted by molar-refractivity contribution is 0.668. The molecule has 1 heterocycles. The fourth-order valence-electron chi connectivity index (χ4n) is 1.62. The standard InChI is InChI=1S/C13H17N3S/c1-3-8-14-9-12-15-16-13(17-12)11-7-5-4-6-10(11)2/h4-7,14H,3,8-9H2,1-2H3. The van der Waals surface area contributed by atoms with Gasteiger partial charge >= 0.3 is 0 Å². The van der Waals surface area contributed by atoms with Crippen LogP contribution < -0.4 is 5.32 Å². The molecule has 1 N–H and O–H groups in total. The van der Waals surface area contributed by atoms with E-state index < -0.39 is 0 Å². The quantitative estimate of drug-likeness (QED) is 0.825. The Morgan fingerprint density at radius 3 is 2.82 bits per heavy atom. The van der Waals surface area contributed by atoms with E-state index in [1.54, 1.807) is 11.3 Å². The molecule has 1 aromatic heterocycles. The molecule has 1 aromatic carbocycles. The molecule has 4 heteroatoms. The average Bonchev–Trinajstić information content (AvgIpc) is 2.79. The van der Waals surface area contributed by atoms with Crippen molar-refractivity contribution >= 4 is 11.3 Å². The van der Waals surface area contributed by atoms with Crippen molar-refractivity contribution in [1.82, 2.24) is 15.5 Å². The van der Waals surface area contributed by atoms with Gasteiger partial charge in [-0.2, -0.15) is 0 Å². The minimum atomic E-state index is 0.817. The van der Waals surface area contributed by atoms with Crippen LogP contribution >= 0.6 is 11.3 Å². The van der Waals surface area contributed by atoms with Crippen molar-refractivity contribution in [3.8, 4) is 10.6 Å². The topological polar surface area (TPSA) is 37.8 Å². The number of hydrogen-bond donors (Lipinski definition) is 1. The van der Waals surface area contributed by atoms with Gasteiger partial charge in [0.25, 0.3) is 0 Å². The number of rotatable bonds is 5. The molecule has 0 aliphatic carbocycles. The summed E-state index contributed by atoms with van der Waals surface area (Å²) in [7, 11) is 0. The molecule has 0 radical (unpaired) electrons. The highest BCUT2D eigenvalue weighted by Gasteiger charge is 2.07. The van der Waals surface area contributed by atoms with Gasteiger partial charge in [0.2, 0.25) is 0 Å². The summed E-state index contributed by atoms with van der Waals surface area (Å²) in [6.45, 7) is 6.11. The van der Waals surface area contributed by atoms with E-state index in [1.165, 1.54) is 11.1 Å². The van der Waals surface area contributed by atoms with E-state index in [2.05, 4.69) is 41.5 Å². The number of aromatic nitrogens is 2. The largest absolute Gasteiger partial charge is 0.310 e. The molecule has 0 aliphatic heterocycles. The van der Waals surface area contributed by atoms with Gasteiger partial charge in [-0.15, -0.1) is 10.2 Å². The van der Waals surface area contributed by atoms with Gasteiger partial charge in [-0.25, -0.2) is 0 Å². The second-order valence-corrected chi connectivity index (χ2v) is 5.05. The van der Waals surface area contributed by atoms with E-state index in [-0.39, 0.29) is 0 Å². The predicted molar refractivity (Wildman–Crippen MR) is 72.1 cm³/mol. The van der Waals surface area contributed by atoms with Crippen LogP contribution in [0.1, 0.15) is 23.9 Å². The van der Waals surface area contributed by atoms with Gasteiger partial charge in [0.15, 0.2) is 0 Å². The molecule has 0 spiro atoms. The summed E-state index contributed by atoms with van der Waals surface area (Å²) in [5, 5.41) is 13.9. The molecule has 2 rings (SSSR count). The summed E-state index contributed by atoms with van der Waals surface area (Å²) >= 11 is 1.67. The third-order valence-electron chi connectivity index (χ3n) is 2.55. The van der Waals surface area contributed by atoms with Crippen LogP contribution in [-0.2, 0) is 6.54 Å². The Hall–Kier alpha value is -1.26. The molecule has 0 aliphatic rings. The second-order valence-electron chi connectivity index (χ2n) is 3.99. The van der Waals surface area contributed by atoms with Gasteiger partial charge in [-0.3, -0.25) is 0 Å². The normalized spacial score (nSPS) is 10.7. The van der Waals surface area contributed by atoms with Crippen molar-refractivity contribution < 1.29 is 0 Å². The molecule has 0 bridgehead atoms. The summed E-state index contributed by atoms with van der Waals surface area (Å²) in [5.74, 6) is 0. The summed E-state index contributed by atoms with van der Waals surface area (Å²) in [4.78, 5) is 0. The maximum atomic E-state index is 4.25. The lowest BCUT2D eigenvalue weighted by atomic mass is 10.1. The van der Waals surface area contributed by atoms with Crippen molar-refractivity contribution in [2.24, 2.45) is 0 Å². The van der Waals surface area contributed by atoms with E-state index in [0.717, 1.165) is 29.5 Å². The van der Waals surface area contributed by atoms with Gasteiger partial charge in [0.1, 0.15) is 10.0 Å². The number of nitrogens with zero attached hydrogens (tertiary/aromatic N) is 2. The molecular weight excluding hydrogens is 230 g/mol. The predicted octanol–water partition coefficient (Wildman–Crippen LogP) is 3.01. The molecule has 17 heavy (non-hydrogen) atoms. The minimum absolute atomic E-state index is 0.817. The van der Waals surface area contributed by atoms with E-state index >= 15 is 0 Å². The number of aryl methyl sites for hydroxylation is 1. The van der Waals surface area contributed by atoms with Gasteiger partial charge < -0.3 is 5.32 Å². The Kier molecular flexibility index (Phi) is 4.23. The molecule has 0 atom stereocenters. The second kappa shape index (κ2) is 5.89. The molecule has 0 amide bonds. The van der Waals surface area contributed by atoms with Crippen LogP contribution in [0, 0.1) is 6.92 Å². The Bertz CT molecular complexity index is 479. The molecule has 2 aromatic rings. The van der Waals surface area contributed by atoms with Crippen molar-refractivity contribution in [3.05, 3.63) is 34.8 Å². The zero-order valence-corrected chi connectivity index (χ0v) is 11.0. The van der Waals surface area contributed by atoms with Crippen LogP contribution in [0.2, 0.25) is 0 Å². The SMILES string of the molecule is CCCNCc1nnc(-c2ccccc2C)s1. The van der Waals surface area contributed by atoms with Crippen LogP contribution in [0.25, 0.3) is 10.6 Å². The van der Waals surface area contributed by atoms with Crippen LogP contribution in [0.3, 0.4) is 0 Å². The zero-order valence-electron chi connectivity index (χ0n) is 10.2. The highest BCUT2D eigenvalue weighted by atomic mass is 32.1. The minimum Gasteiger partial charge on any atom is -0.310 e. The van der Waals surface area contributed by atoms with Crippen molar-refractivity contribution in [1.29, 1.82) is 0 Å². The first kappa shape index (κ1) is 12.2. The summed E-state index contributed by atoms with van der Waals surface area (Å²) in [6.07, 6.45) is 1.14. The monoisotopic (exact) mass is 247 g/mol. The maximum absolute atomic E-state index is 4.25. The third kappa shape index (κ3) is 3.11. The Morgan fingerprint density at radius 1 is 1.24 bits per heavy atom. The highest BCUT2D eigenvalue weighted by Crippen LogP contribution is 2.26. The molecule has 0 saturated carbocycles. The number of nitrogens with one attached hydrogen (secondary N) is 1. The molecule has 90 valence electrons. The average molecular weight is 247 g/mol. The Morgan fingerprint density at radius 2 is 2.06 bits per heavy atom. The number of hydrogen-bond acceptors (Lipinski definition) is 4. The Balaban J connectivity index is 2.10. The smallest absolute Gasteiger partial charge is 0.148 e. The maximum Gasteiger partial charge on any atom is 0.148 e. The first-order valence-corrected chi connectivity index (χ1v) is 6.72. The lowest BCUT2D eigenvalue weighted by Crippen LogP contribution is -2.13. The zero-order chi connectivity index (χ0) is 12.1. The molecule has 0 fully saturated rings. The summed E-state index contributed by atoms with van der Waals surface area (Å²) in [5.41, 5.74) is 2.43.